The Kier molecular flexibility index (Phi) is 3.71. The zero-order valence-corrected chi connectivity index (χ0v) is 11.0. The maximum atomic E-state index is 3.31. The van der Waals surface area contributed by atoms with Crippen molar-refractivity contribution in [2.24, 2.45) is 0 Å². The molecule has 0 amide bonds. The van der Waals surface area contributed by atoms with Crippen LogP contribution < -0.4 is 4.90 Å². The van der Waals surface area contributed by atoms with Gasteiger partial charge in [0.25, 0.3) is 0 Å². The monoisotopic (exact) mass is 221 g/mol. The zero-order valence-electron chi connectivity index (χ0n) is 10.2. The zero-order chi connectivity index (χ0) is 11.5. The van der Waals surface area contributed by atoms with Crippen LogP contribution in [0.1, 0.15) is 5.56 Å². The molecule has 0 atom stereocenters. The Bertz CT molecular complexity index is 374. The molecule has 0 aliphatic carbocycles. The molecule has 0 bridgehead atoms. The average Bonchev–Trinajstić information content (AvgIpc) is 2.14. The minimum atomic E-state index is -0.720. The summed E-state index contributed by atoms with van der Waals surface area (Å²) in [4.78, 5) is 2.09. The van der Waals surface area contributed by atoms with Crippen LogP contribution in [0.3, 0.4) is 0 Å². The van der Waals surface area contributed by atoms with Crippen molar-refractivity contribution in [2.75, 3.05) is 37.8 Å². The number of rotatable bonds is 1. The molecular weight excluding hydrogens is 202 g/mol. The molecular formula is C13H19NS. The van der Waals surface area contributed by atoms with E-state index >= 15 is 0 Å². The predicted octanol–water partition coefficient (Wildman–Crippen LogP) is 2.76. The molecule has 0 aliphatic heterocycles. The van der Waals surface area contributed by atoms with E-state index in [4.69, 9.17) is 0 Å². The SMILES string of the molecule is CN(C)c1ccc(C#CS(C)(C)C)cc1. The molecule has 1 aromatic carbocycles. The van der Waals surface area contributed by atoms with Crippen molar-refractivity contribution in [1.29, 1.82) is 0 Å². The van der Waals surface area contributed by atoms with Gasteiger partial charge in [-0.3, -0.25) is 0 Å². The molecule has 0 fully saturated rings. The molecule has 0 saturated heterocycles. The third-order valence-electron chi connectivity index (χ3n) is 1.89. The highest BCUT2D eigenvalue weighted by Gasteiger charge is 1.97. The molecule has 1 nitrogen and oxygen atoms in total. The van der Waals surface area contributed by atoms with Gasteiger partial charge in [0.2, 0.25) is 0 Å². The van der Waals surface area contributed by atoms with Crippen LogP contribution in [-0.4, -0.2) is 32.9 Å². The highest BCUT2D eigenvalue weighted by Crippen LogP contribution is 2.32. The summed E-state index contributed by atoms with van der Waals surface area (Å²) >= 11 is 0. The summed E-state index contributed by atoms with van der Waals surface area (Å²) in [6.07, 6.45) is 6.61. The molecule has 0 aromatic heterocycles. The number of nitrogens with zero attached hydrogens (tertiary/aromatic N) is 1. The molecule has 0 spiro atoms. The summed E-state index contributed by atoms with van der Waals surface area (Å²) in [6.45, 7) is 0. The topological polar surface area (TPSA) is 3.24 Å². The molecule has 1 aromatic rings. The summed E-state index contributed by atoms with van der Waals surface area (Å²) in [7, 11) is 3.36. The maximum absolute atomic E-state index is 3.31. The van der Waals surface area contributed by atoms with E-state index in [9.17, 15) is 0 Å². The van der Waals surface area contributed by atoms with Gasteiger partial charge in [0.05, 0.1) is 0 Å². The number of benzene rings is 1. The molecule has 1 rings (SSSR count). The lowest BCUT2D eigenvalue weighted by Crippen LogP contribution is -2.07. The second-order valence-electron chi connectivity index (χ2n) is 4.51. The average molecular weight is 221 g/mol. The third-order valence-corrected chi connectivity index (χ3v) is 2.60. The van der Waals surface area contributed by atoms with Crippen molar-refractivity contribution in [2.45, 2.75) is 0 Å². The predicted molar refractivity (Wildman–Crippen MR) is 73.0 cm³/mol. The van der Waals surface area contributed by atoms with Crippen LogP contribution in [0.2, 0.25) is 0 Å². The molecule has 0 saturated carbocycles. The highest BCUT2D eigenvalue weighted by atomic mass is 32.3. The van der Waals surface area contributed by atoms with Gasteiger partial charge in [-0.25, -0.2) is 0 Å². The van der Waals surface area contributed by atoms with Gasteiger partial charge in [0.15, 0.2) is 0 Å². The van der Waals surface area contributed by atoms with Crippen molar-refractivity contribution < 1.29 is 0 Å². The Hall–Kier alpha value is -1.07. The van der Waals surface area contributed by atoms with E-state index in [2.05, 4.69) is 59.1 Å². The molecule has 0 radical (unpaired) electrons. The van der Waals surface area contributed by atoms with Crippen LogP contribution in [-0.2, 0) is 0 Å². The van der Waals surface area contributed by atoms with Crippen molar-refractivity contribution in [3.8, 4) is 11.2 Å². The van der Waals surface area contributed by atoms with Crippen molar-refractivity contribution in [3.63, 3.8) is 0 Å². The maximum Gasteiger partial charge on any atom is 0.0361 e. The molecule has 0 heterocycles. The largest absolute Gasteiger partial charge is 0.378 e. The smallest absolute Gasteiger partial charge is 0.0361 e. The van der Waals surface area contributed by atoms with E-state index in [-0.39, 0.29) is 0 Å². The first-order valence-corrected chi connectivity index (χ1v) is 7.73. The molecule has 0 unspecified atom stereocenters. The van der Waals surface area contributed by atoms with Gasteiger partial charge in [0.1, 0.15) is 0 Å². The molecule has 2 heteroatoms. The van der Waals surface area contributed by atoms with E-state index in [1.165, 1.54) is 5.69 Å². The van der Waals surface area contributed by atoms with Crippen molar-refractivity contribution >= 4 is 15.7 Å². The minimum absolute atomic E-state index is 0.720. The Morgan fingerprint density at radius 2 is 1.53 bits per heavy atom. The Morgan fingerprint density at radius 3 is 1.93 bits per heavy atom. The van der Waals surface area contributed by atoms with Gasteiger partial charge in [-0.1, -0.05) is 5.92 Å². The third kappa shape index (κ3) is 4.31. The van der Waals surface area contributed by atoms with E-state index in [1.54, 1.807) is 0 Å². The summed E-state index contributed by atoms with van der Waals surface area (Å²) in [5, 5.41) is 3.31. The first kappa shape index (κ1) is 12.0. The van der Waals surface area contributed by atoms with Crippen LogP contribution in [0.5, 0.6) is 0 Å². The molecule has 15 heavy (non-hydrogen) atoms. The lowest BCUT2D eigenvalue weighted by Gasteiger charge is -2.15. The summed E-state index contributed by atoms with van der Waals surface area (Å²) in [6, 6.07) is 8.35. The quantitative estimate of drug-likeness (QED) is 0.659. The van der Waals surface area contributed by atoms with Gasteiger partial charge in [-0.15, -0.1) is 0 Å². The fraction of sp³-hybridized carbons (Fsp3) is 0.385. The second kappa shape index (κ2) is 4.63. The Morgan fingerprint density at radius 1 is 1.00 bits per heavy atom. The van der Waals surface area contributed by atoms with Crippen molar-refractivity contribution in [3.05, 3.63) is 29.8 Å². The number of hydrogen-bond donors (Lipinski definition) is 0. The van der Waals surface area contributed by atoms with E-state index in [0.717, 1.165) is 5.56 Å². The second-order valence-corrected chi connectivity index (χ2v) is 8.38. The Balaban J connectivity index is 2.85. The fourth-order valence-electron chi connectivity index (χ4n) is 1.05. The lowest BCUT2D eigenvalue weighted by molar-refractivity contribution is 1.13. The van der Waals surface area contributed by atoms with Gasteiger partial charge in [0, 0.05) is 25.3 Å². The molecule has 0 N–H and O–H groups in total. The lowest BCUT2D eigenvalue weighted by atomic mass is 10.2. The van der Waals surface area contributed by atoms with Crippen molar-refractivity contribution in [1.82, 2.24) is 0 Å². The molecule has 0 aliphatic rings. The highest BCUT2D eigenvalue weighted by molar-refractivity contribution is 8.35. The van der Waals surface area contributed by atoms with Crippen LogP contribution in [0.4, 0.5) is 5.69 Å². The van der Waals surface area contributed by atoms with Gasteiger partial charge in [-0.05, 0) is 48.3 Å². The van der Waals surface area contributed by atoms with Crippen LogP contribution in [0.15, 0.2) is 24.3 Å². The van der Waals surface area contributed by atoms with Crippen LogP contribution >= 0.6 is 10.0 Å². The Labute approximate surface area is 94.8 Å². The summed E-state index contributed by atoms with van der Waals surface area (Å²) < 4.78 is 0. The summed E-state index contributed by atoms with van der Waals surface area (Å²) in [5.74, 6) is 3.22. The summed E-state index contributed by atoms with van der Waals surface area (Å²) in [5.41, 5.74) is 2.31. The molecule has 82 valence electrons. The van der Waals surface area contributed by atoms with E-state index in [0.29, 0.717) is 0 Å². The van der Waals surface area contributed by atoms with Crippen LogP contribution in [0.25, 0.3) is 0 Å². The minimum Gasteiger partial charge on any atom is -0.378 e. The van der Waals surface area contributed by atoms with Gasteiger partial charge in [-0.2, -0.15) is 10.0 Å². The van der Waals surface area contributed by atoms with Gasteiger partial charge >= 0.3 is 0 Å². The number of hydrogen-bond acceptors (Lipinski definition) is 1. The van der Waals surface area contributed by atoms with E-state index in [1.807, 2.05) is 14.1 Å². The normalized spacial score (nSPS) is 11.5. The number of anilines is 1. The van der Waals surface area contributed by atoms with E-state index < -0.39 is 10.0 Å². The standard InChI is InChI=1S/C13H19NS/c1-14(2)13-8-6-12(7-9-13)10-11-15(3,4)5/h6-9H,1-5H3. The first-order valence-electron chi connectivity index (χ1n) is 4.87. The van der Waals surface area contributed by atoms with Gasteiger partial charge < -0.3 is 4.90 Å². The van der Waals surface area contributed by atoms with Crippen LogP contribution in [0, 0.1) is 11.2 Å². The fourth-order valence-corrected chi connectivity index (χ4v) is 1.48. The first-order chi connectivity index (χ1) is 6.88.